The Balaban J connectivity index is 1.37. The van der Waals surface area contributed by atoms with Crippen molar-refractivity contribution in [3.63, 3.8) is 0 Å². The third-order valence-corrected chi connectivity index (χ3v) is 4.24. The Morgan fingerprint density at radius 3 is 2.56 bits per heavy atom. The molecule has 1 amide bonds. The molecule has 25 heavy (non-hydrogen) atoms. The Bertz CT molecular complexity index is 843. The summed E-state index contributed by atoms with van der Waals surface area (Å²) in [6.07, 6.45) is 3.30. The molecule has 0 bridgehead atoms. The average Bonchev–Trinajstić information content (AvgIpc) is 3.14. The quantitative estimate of drug-likeness (QED) is 0.719. The van der Waals surface area contributed by atoms with Crippen LogP contribution in [-0.2, 0) is 6.61 Å². The van der Waals surface area contributed by atoms with E-state index in [4.69, 9.17) is 4.74 Å². The zero-order valence-corrected chi connectivity index (χ0v) is 13.7. The topological polar surface area (TPSA) is 60.2 Å². The molecule has 0 atom stereocenters. The molecule has 0 saturated carbocycles. The molecule has 0 aliphatic carbocycles. The molecular formula is C19H18N4O2. The summed E-state index contributed by atoms with van der Waals surface area (Å²) in [5.74, 6) is 0.703. The number of benzene rings is 2. The number of hydrogen-bond donors (Lipinski definition) is 0. The van der Waals surface area contributed by atoms with Gasteiger partial charge in [0.25, 0.3) is 5.91 Å². The minimum Gasteiger partial charge on any atom is -0.489 e. The van der Waals surface area contributed by atoms with Crippen LogP contribution in [0.25, 0.3) is 0 Å². The minimum atomic E-state index is 0.00793. The van der Waals surface area contributed by atoms with Gasteiger partial charge in [-0.05, 0) is 23.8 Å². The smallest absolute Gasteiger partial charge is 0.254 e. The first kappa shape index (κ1) is 15.4. The van der Waals surface area contributed by atoms with Crippen molar-refractivity contribution >= 4 is 5.91 Å². The highest BCUT2D eigenvalue weighted by atomic mass is 16.5. The van der Waals surface area contributed by atoms with Crippen LogP contribution in [0.4, 0.5) is 0 Å². The fourth-order valence-electron chi connectivity index (χ4n) is 2.82. The third kappa shape index (κ3) is 3.38. The minimum absolute atomic E-state index is 0.00793. The first-order valence-electron chi connectivity index (χ1n) is 8.21. The van der Waals surface area contributed by atoms with Crippen LogP contribution in [-0.4, -0.2) is 38.9 Å². The summed E-state index contributed by atoms with van der Waals surface area (Å²) in [4.78, 5) is 16.0. The number of aromatic nitrogens is 3. The van der Waals surface area contributed by atoms with Crippen LogP contribution in [0.5, 0.6) is 5.75 Å². The second kappa shape index (κ2) is 6.76. The number of ether oxygens (including phenoxy) is 1. The normalized spacial score (nSPS) is 14.2. The van der Waals surface area contributed by atoms with Gasteiger partial charge in [0.05, 0.1) is 12.4 Å². The summed E-state index contributed by atoms with van der Waals surface area (Å²) in [5, 5.41) is 8.24. The molecule has 1 aliphatic rings. The SMILES string of the molecule is O=C(c1cccc(OCc2ccccc2)c1)N1CC(n2nccn2)C1. The van der Waals surface area contributed by atoms with E-state index in [0.29, 0.717) is 31.0 Å². The summed E-state index contributed by atoms with van der Waals surface area (Å²) < 4.78 is 5.80. The maximum atomic E-state index is 12.6. The van der Waals surface area contributed by atoms with Gasteiger partial charge >= 0.3 is 0 Å². The standard InChI is InChI=1S/C19H18N4O2/c24-19(22-12-17(13-22)23-20-9-10-21-23)16-7-4-8-18(11-16)25-14-15-5-2-1-3-6-15/h1-11,17H,12-14H2. The van der Waals surface area contributed by atoms with Crippen LogP contribution in [0.1, 0.15) is 22.0 Å². The molecule has 0 radical (unpaired) electrons. The number of nitrogens with zero attached hydrogens (tertiary/aromatic N) is 4. The van der Waals surface area contributed by atoms with Gasteiger partial charge in [0.2, 0.25) is 0 Å². The second-order valence-corrected chi connectivity index (χ2v) is 6.02. The van der Waals surface area contributed by atoms with Gasteiger partial charge in [-0.25, -0.2) is 0 Å². The van der Waals surface area contributed by atoms with Crippen molar-refractivity contribution < 1.29 is 9.53 Å². The molecule has 1 aromatic heterocycles. The van der Waals surface area contributed by atoms with Gasteiger partial charge in [0.1, 0.15) is 18.4 Å². The molecule has 1 saturated heterocycles. The van der Waals surface area contributed by atoms with Gasteiger partial charge in [-0.3, -0.25) is 4.79 Å². The lowest BCUT2D eigenvalue weighted by Crippen LogP contribution is -2.51. The van der Waals surface area contributed by atoms with Crippen LogP contribution < -0.4 is 4.74 Å². The Morgan fingerprint density at radius 2 is 1.80 bits per heavy atom. The second-order valence-electron chi connectivity index (χ2n) is 6.02. The zero-order chi connectivity index (χ0) is 17.1. The monoisotopic (exact) mass is 334 g/mol. The number of amides is 1. The zero-order valence-electron chi connectivity index (χ0n) is 13.7. The van der Waals surface area contributed by atoms with Crippen molar-refractivity contribution in [2.24, 2.45) is 0 Å². The summed E-state index contributed by atoms with van der Waals surface area (Å²) in [6.45, 7) is 1.74. The van der Waals surface area contributed by atoms with E-state index in [0.717, 1.165) is 5.56 Å². The molecule has 6 heteroatoms. The Labute approximate surface area is 145 Å². The lowest BCUT2D eigenvalue weighted by Gasteiger charge is -2.38. The number of hydrogen-bond acceptors (Lipinski definition) is 4. The highest BCUT2D eigenvalue weighted by molar-refractivity contribution is 5.95. The van der Waals surface area contributed by atoms with Gasteiger partial charge in [-0.1, -0.05) is 36.4 Å². The maximum Gasteiger partial charge on any atom is 0.254 e. The van der Waals surface area contributed by atoms with Gasteiger partial charge in [0.15, 0.2) is 0 Å². The molecule has 0 N–H and O–H groups in total. The summed E-state index contributed by atoms with van der Waals surface area (Å²) in [6, 6.07) is 17.4. The number of rotatable bonds is 5. The van der Waals surface area contributed by atoms with Crippen molar-refractivity contribution in [1.29, 1.82) is 0 Å². The van der Waals surface area contributed by atoms with E-state index < -0.39 is 0 Å². The molecule has 1 aliphatic heterocycles. The van der Waals surface area contributed by atoms with Crippen molar-refractivity contribution in [3.05, 3.63) is 78.1 Å². The van der Waals surface area contributed by atoms with E-state index in [1.54, 1.807) is 28.2 Å². The van der Waals surface area contributed by atoms with Crippen LogP contribution in [0.15, 0.2) is 67.0 Å². The lowest BCUT2D eigenvalue weighted by atomic mass is 10.1. The molecule has 6 nitrogen and oxygen atoms in total. The van der Waals surface area contributed by atoms with Crippen molar-refractivity contribution in [2.45, 2.75) is 12.6 Å². The van der Waals surface area contributed by atoms with E-state index in [1.165, 1.54) is 0 Å². The molecule has 3 aromatic rings. The predicted molar refractivity (Wildman–Crippen MR) is 92.2 cm³/mol. The summed E-state index contributed by atoms with van der Waals surface area (Å²) in [7, 11) is 0. The number of carbonyl (C=O) groups is 1. The Morgan fingerprint density at radius 1 is 1.04 bits per heavy atom. The molecule has 2 aromatic carbocycles. The number of likely N-dealkylation sites (tertiary alicyclic amines) is 1. The molecule has 126 valence electrons. The van der Waals surface area contributed by atoms with Crippen molar-refractivity contribution in [3.8, 4) is 5.75 Å². The molecule has 0 spiro atoms. The molecular weight excluding hydrogens is 316 g/mol. The predicted octanol–water partition coefficient (Wildman–Crippen LogP) is 2.55. The van der Waals surface area contributed by atoms with Crippen LogP contribution in [0, 0.1) is 0 Å². The largest absolute Gasteiger partial charge is 0.489 e. The van der Waals surface area contributed by atoms with E-state index in [9.17, 15) is 4.79 Å². The maximum absolute atomic E-state index is 12.6. The van der Waals surface area contributed by atoms with E-state index >= 15 is 0 Å². The van der Waals surface area contributed by atoms with Gasteiger partial charge in [0, 0.05) is 18.7 Å². The van der Waals surface area contributed by atoms with Gasteiger partial charge < -0.3 is 9.64 Å². The van der Waals surface area contributed by atoms with Crippen LogP contribution >= 0.6 is 0 Å². The Hall–Kier alpha value is -3.15. The lowest BCUT2D eigenvalue weighted by molar-refractivity contribution is 0.0476. The Kier molecular flexibility index (Phi) is 4.16. The van der Waals surface area contributed by atoms with Crippen LogP contribution in [0.2, 0.25) is 0 Å². The summed E-state index contributed by atoms with van der Waals surface area (Å²) >= 11 is 0. The van der Waals surface area contributed by atoms with E-state index in [1.807, 2.05) is 48.5 Å². The summed E-state index contributed by atoms with van der Waals surface area (Å²) in [5.41, 5.74) is 1.73. The molecule has 1 fully saturated rings. The highest BCUT2D eigenvalue weighted by Gasteiger charge is 2.33. The van der Waals surface area contributed by atoms with E-state index in [-0.39, 0.29) is 11.9 Å². The fourth-order valence-corrected chi connectivity index (χ4v) is 2.82. The molecule has 4 rings (SSSR count). The first-order chi connectivity index (χ1) is 12.3. The third-order valence-electron chi connectivity index (χ3n) is 4.24. The molecule has 0 unspecified atom stereocenters. The number of carbonyl (C=O) groups excluding carboxylic acids is 1. The first-order valence-corrected chi connectivity index (χ1v) is 8.21. The van der Waals surface area contributed by atoms with Crippen LogP contribution in [0.3, 0.4) is 0 Å². The van der Waals surface area contributed by atoms with E-state index in [2.05, 4.69) is 10.2 Å². The fraction of sp³-hybridized carbons (Fsp3) is 0.211. The van der Waals surface area contributed by atoms with Crippen molar-refractivity contribution in [2.75, 3.05) is 13.1 Å². The molecule has 2 heterocycles. The van der Waals surface area contributed by atoms with Gasteiger partial charge in [-0.2, -0.15) is 15.0 Å². The average molecular weight is 334 g/mol. The van der Waals surface area contributed by atoms with Crippen molar-refractivity contribution in [1.82, 2.24) is 19.9 Å². The highest BCUT2D eigenvalue weighted by Crippen LogP contribution is 2.23. The van der Waals surface area contributed by atoms with Gasteiger partial charge in [-0.15, -0.1) is 0 Å².